The summed E-state index contributed by atoms with van der Waals surface area (Å²) in [5.74, 6) is 0.902. The lowest BCUT2D eigenvalue weighted by molar-refractivity contribution is 0.0832. The Morgan fingerprint density at radius 3 is 2.70 bits per heavy atom. The van der Waals surface area contributed by atoms with Gasteiger partial charge >= 0.3 is 0 Å². The monoisotopic (exact) mass is 281 g/mol. The van der Waals surface area contributed by atoms with Crippen LogP contribution in [0.1, 0.15) is 45.4 Å². The topological polar surface area (TPSA) is 18.5 Å². The molecular formula is C17H35N3. The van der Waals surface area contributed by atoms with Crippen molar-refractivity contribution < 1.29 is 0 Å². The van der Waals surface area contributed by atoms with Gasteiger partial charge < -0.3 is 15.1 Å². The SMILES string of the molecule is CNCC1(CN(C)CC2CCCN2C)CCCC(C)C1. The van der Waals surface area contributed by atoms with Gasteiger partial charge in [0.05, 0.1) is 0 Å². The zero-order valence-electron chi connectivity index (χ0n) is 14.1. The lowest BCUT2D eigenvalue weighted by Crippen LogP contribution is -2.47. The molecule has 0 bridgehead atoms. The molecule has 3 nitrogen and oxygen atoms in total. The third-order valence-corrected chi connectivity index (χ3v) is 5.54. The van der Waals surface area contributed by atoms with Gasteiger partial charge in [0.1, 0.15) is 0 Å². The Bertz CT molecular complexity index is 290. The third kappa shape index (κ3) is 4.19. The second-order valence-corrected chi connectivity index (χ2v) is 7.71. The molecule has 0 radical (unpaired) electrons. The minimum absolute atomic E-state index is 0.512. The van der Waals surface area contributed by atoms with Gasteiger partial charge in [0.15, 0.2) is 0 Å². The van der Waals surface area contributed by atoms with Crippen molar-refractivity contribution >= 4 is 0 Å². The van der Waals surface area contributed by atoms with Gasteiger partial charge in [0.25, 0.3) is 0 Å². The Balaban J connectivity index is 1.89. The van der Waals surface area contributed by atoms with E-state index in [0.29, 0.717) is 5.41 Å². The van der Waals surface area contributed by atoms with Crippen molar-refractivity contribution in [1.29, 1.82) is 0 Å². The maximum absolute atomic E-state index is 3.47. The molecule has 3 unspecified atom stereocenters. The van der Waals surface area contributed by atoms with Gasteiger partial charge in [0.2, 0.25) is 0 Å². The van der Waals surface area contributed by atoms with Crippen LogP contribution in [0.3, 0.4) is 0 Å². The summed E-state index contributed by atoms with van der Waals surface area (Å²) in [6, 6.07) is 0.785. The lowest BCUT2D eigenvalue weighted by atomic mass is 9.69. The van der Waals surface area contributed by atoms with Crippen LogP contribution >= 0.6 is 0 Å². The van der Waals surface area contributed by atoms with Crippen molar-refractivity contribution in [3.63, 3.8) is 0 Å². The van der Waals surface area contributed by atoms with Gasteiger partial charge in [-0.15, -0.1) is 0 Å². The molecule has 1 N–H and O–H groups in total. The Hall–Kier alpha value is -0.120. The molecule has 1 aliphatic carbocycles. The number of likely N-dealkylation sites (N-methyl/N-ethyl adjacent to an activating group) is 2. The molecule has 118 valence electrons. The lowest BCUT2D eigenvalue weighted by Gasteiger charge is -2.43. The minimum atomic E-state index is 0.512. The Morgan fingerprint density at radius 1 is 1.30 bits per heavy atom. The smallest absolute Gasteiger partial charge is 0.0220 e. The van der Waals surface area contributed by atoms with E-state index in [0.717, 1.165) is 12.0 Å². The van der Waals surface area contributed by atoms with Gasteiger partial charge in [-0.25, -0.2) is 0 Å². The summed E-state index contributed by atoms with van der Waals surface area (Å²) in [6.45, 7) is 7.42. The number of hydrogen-bond acceptors (Lipinski definition) is 3. The van der Waals surface area contributed by atoms with Gasteiger partial charge in [0, 0.05) is 25.7 Å². The van der Waals surface area contributed by atoms with E-state index >= 15 is 0 Å². The number of likely N-dealkylation sites (tertiary alicyclic amines) is 1. The van der Waals surface area contributed by atoms with E-state index in [2.05, 4.69) is 43.2 Å². The Labute approximate surface area is 126 Å². The van der Waals surface area contributed by atoms with Gasteiger partial charge in [-0.1, -0.05) is 19.8 Å². The van der Waals surface area contributed by atoms with E-state index < -0.39 is 0 Å². The normalized spacial score (nSPS) is 35.9. The van der Waals surface area contributed by atoms with E-state index in [4.69, 9.17) is 0 Å². The zero-order chi connectivity index (χ0) is 14.6. The molecule has 0 aromatic carbocycles. The Kier molecular flexibility index (Phi) is 5.88. The highest BCUT2D eigenvalue weighted by molar-refractivity contribution is 4.90. The molecule has 2 aliphatic rings. The zero-order valence-corrected chi connectivity index (χ0v) is 14.1. The van der Waals surface area contributed by atoms with Crippen molar-refractivity contribution in [2.75, 3.05) is 47.3 Å². The minimum Gasteiger partial charge on any atom is -0.319 e. The fourth-order valence-electron chi connectivity index (χ4n) is 4.71. The first-order valence-corrected chi connectivity index (χ1v) is 8.58. The molecule has 20 heavy (non-hydrogen) atoms. The molecule has 0 spiro atoms. The average molecular weight is 281 g/mol. The quantitative estimate of drug-likeness (QED) is 0.807. The maximum Gasteiger partial charge on any atom is 0.0220 e. The van der Waals surface area contributed by atoms with Crippen molar-refractivity contribution in [2.45, 2.75) is 51.5 Å². The second kappa shape index (κ2) is 7.24. The van der Waals surface area contributed by atoms with Crippen molar-refractivity contribution in [3.05, 3.63) is 0 Å². The number of hydrogen-bond donors (Lipinski definition) is 1. The highest BCUT2D eigenvalue weighted by Crippen LogP contribution is 2.39. The van der Waals surface area contributed by atoms with E-state index in [9.17, 15) is 0 Å². The van der Waals surface area contributed by atoms with E-state index in [1.165, 1.54) is 64.7 Å². The average Bonchev–Trinajstić information content (AvgIpc) is 2.74. The molecule has 2 rings (SSSR count). The molecule has 0 amide bonds. The van der Waals surface area contributed by atoms with Crippen LogP contribution in [0.15, 0.2) is 0 Å². The van der Waals surface area contributed by atoms with Gasteiger partial charge in [-0.05, 0) is 64.7 Å². The molecule has 0 aromatic heterocycles. The molecule has 3 atom stereocenters. The highest BCUT2D eigenvalue weighted by Gasteiger charge is 2.36. The summed E-state index contributed by atoms with van der Waals surface area (Å²) >= 11 is 0. The van der Waals surface area contributed by atoms with Crippen LogP contribution < -0.4 is 5.32 Å². The fraction of sp³-hybridized carbons (Fsp3) is 1.00. The second-order valence-electron chi connectivity index (χ2n) is 7.71. The van der Waals surface area contributed by atoms with Crippen LogP contribution in [0.5, 0.6) is 0 Å². The van der Waals surface area contributed by atoms with E-state index in [1.54, 1.807) is 0 Å². The number of nitrogens with zero attached hydrogens (tertiary/aromatic N) is 2. The van der Waals surface area contributed by atoms with Crippen LogP contribution in [-0.4, -0.2) is 63.2 Å². The summed E-state index contributed by atoms with van der Waals surface area (Å²) in [5, 5.41) is 3.47. The molecule has 1 heterocycles. The Morgan fingerprint density at radius 2 is 2.10 bits per heavy atom. The standard InChI is InChI=1S/C17H35N3/c1-15-7-5-9-17(11-15,13-18-2)14-19(3)12-16-8-6-10-20(16)4/h15-16,18H,5-14H2,1-4H3. The first-order chi connectivity index (χ1) is 9.54. The molecule has 2 fully saturated rings. The number of rotatable bonds is 6. The van der Waals surface area contributed by atoms with Crippen LogP contribution in [0.4, 0.5) is 0 Å². The predicted octanol–water partition coefficient (Wildman–Crippen LogP) is 2.43. The van der Waals surface area contributed by atoms with Crippen molar-refractivity contribution in [3.8, 4) is 0 Å². The summed E-state index contributed by atoms with van der Waals surface area (Å²) < 4.78 is 0. The largest absolute Gasteiger partial charge is 0.319 e. The first kappa shape index (κ1) is 16.3. The summed E-state index contributed by atoms with van der Waals surface area (Å²) in [5.41, 5.74) is 0.512. The van der Waals surface area contributed by atoms with Crippen molar-refractivity contribution in [2.24, 2.45) is 11.3 Å². The first-order valence-electron chi connectivity index (χ1n) is 8.58. The van der Waals surface area contributed by atoms with E-state index in [1.807, 2.05) is 0 Å². The van der Waals surface area contributed by atoms with Crippen molar-refractivity contribution in [1.82, 2.24) is 15.1 Å². The van der Waals surface area contributed by atoms with Crippen LogP contribution in [0.25, 0.3) is 0 Å². The predicted molar refractivity (Wildman–Crippen MR) is 87.1 cm³/mol. The van der Waals surface area contributed by atoms with Crippen LogP contribution in [-0.2, 0) is 0 Å². The van der Waals surface area contributed by atoms with E-state index in [-0.39, 0.29) is 0 Å². The summed E-state index contributed by atoms with van der Waals surface area (Å²) in [6.07, 6.45) is 8.42. The molecule has 1 saturated carbocycles. The summed E-state index contributed by atoms with van der Waals surface area (Å²) in [4.78, 5) is 5.16. The van der Waals surface area contributed by atoms with Gasteiger partial charge in [-0.3, -0.25) is 0 Å². The number of nitrogens with one attached hydrogen (secondary N) is 1. The van der Waals surface area contributed by atoms with Crippen LogP contribution in [0.2, 0.25) is 0 Å². The van der Waals surface area contributed by atoms with Gasteiger partial charge in [-0.2, -0.15) is 0 Å². The summed E-state index contributed by atoms with van der Waals surface area (Å²) in [7, 11) is 6.74. The fourth-order valence-corrected chi connectivity index (χ4v) is 4.71. The van der Waals surface area contributed by atoms with Crippen LogP contribution in [0, 0.1) is 11.3 Å². The molecule has 1 saturated heterocycles. The molecular weight excluding hydrogens is 246 g/mol. The third-order valence-electron chi connectivity index (χ3n) is 5.54. The maximum atomic E-state index is 3.47. The molecule has 0 aromatic rings. The highest BCUT2D eigenvalue weighted by atomic mass is 15.2. The molecule has 1 aliphatic heterocycles. The molecule has 3 heteroatoms.